The van der Waals surface area contributed by atoms with E-state index in [4.69, 9.17) is 9.94 Å². The van der Waals surface area contributed by atoms with Crippen molar-refractivity contribution in [2.24, 2.45) is 0 Å². The van der Waals surface area contributed by atoms with E-state index in [1.54, 1.807) is 0 Å². The van der Waals surface area contributed by atoms with Crippen molar-refractivity contribution >= 4 is 11.9 Å². The lowest BCUT2D eigenvalue weighted by Crippen LogP contribution is -2.57. The van der Waals surface area contributed by atoms with Gasteiger partial charge in [-0.1, -0.05) is 0 Å². The summed E-state index contributed by atoms with van der Waals surface area (Å²) < 4.78 is 0. The molecule has 0 aromatic heterocycles. The van der Waals surface area contributed by atoms with E-state index in [9.17, 15) is 9.59 Å². The number of hydrogen-bond acceptors (Lipinski definition) is 3. The minimum absolute atomic E-state index is 0.106. The first-order chi connectivity index (χ1) is 5.68. The zero-order valence-electron chi connectivity index (χ0n) is 6.40. The maximum atomic E-state index is 10.8. The molecule has 2 aliphatic rings. The highest BCUT2D eigenvalue weighted by atomic mass is 16.7. The first kappa shape index (κ1) is 7.54. The number of fused-ring (bicyclic) bond motifs is 1. The highest BCUT2D eigenvalue weighted by Crippen LogP contribution is 2.30. The minimum atomic E-state index is -0.992. The average Bonchev–Trinajstić information content (AvgIpc) is 2.02. The Kier molecular flexibility index (Phi) is 1.54. The fourth-order valence-corrected chi connectivity index (χ4v) is 1.53. The molecule has 2 rings (SSSR count). The van der Waals surface area contributed by atoms with Gasteiger partial charge in [-0.3, -0.25) is 9.63 Å². The SMILES string of the molecule is O=C(O)C1CCC2CC(=O)N2O1. The molecule has 2 unspecified atom stereocenters. The third kappa shape index (κ3) is 0.972. The first-order valence-corrected chi connectivity index (χ1v) is 3.90. The molecule has 5 nitrogen and oxygen atoms in total. The summed E-state index contributed by atoms with van der Waals surface area (Å²) in [5.41, 5.74) is 0. The van der Waals surface area contributed by atoms with E-state index >= 15 is 0 Å². The van der Waals surface area contributed by atoms with Crippen LogP contribution >= 0.6 is 0 Å². The van der Waals surface area contributed by atoms with Gasteiger partial charge in [-0.15, -0.1) is 0 Å². The molecule has 12 heavy (non-hydrogen) atoms. The van der Waals surface area contributed by atoms with Crippen molar-refractivity contribution < 1.29 is 19.5 Å². The monoisotopic (exact) mass is 171 g/mol. The topological polar surface area (TPSA) is 66.8 Å². The number of nitrogens with zero attached hydrogens (tertiary/aromatic N) is 1. The maximum Gasteiger partial charge on any atom is 0.335 e. The first-order valence-electron chi connectivity index (χ1n) is 3.90. The summed E-state index contributed by atoms with van der Waals surface area (Å²) in [6.07, 6.45) is 0.921. The molecule has 0 radical (unpaired) electrons. The fraction of sp³-hybridized carbons (Fsp3) is 0.714. The number of carboxylic acids is 1. The summed E-state index contributed by atoms with van der Waals surface area (Å²) in [5.74, 6) is -1.10. The zero-order valence-corrected chi connectivity index (χ0v) is 6.40. The van der Waals surface area contributed by atoms with Crippen LogP contribution in [-0.4, -0.2) is 34.2 Å². The second-order valence-corrected chi connectivity index (χ2v) is 3.09. The van der Waals surface area contributed by atoms with Crippen molar-refractivity contribution in [3.63, 3.8) is 0 Å². The van der Waals surface area contributed by atoms with Gasteiger partial charge in [-0.2, -0.15) is 0 Å². The van der Waals surface area contributed by atoms with Crippen LogP contribution in [0.3, 0.4) is 0 Å². The van der Waals surface area contributed by atoms with E-state index < -0.39 is 12.1 Å². The largest absolute Gasteiger partial charge is 0.479 e. The van der Waals surface area contributed by atoms with Crippen LogP contribution in [0.4, 0.5) is 0 Å². The Morgan fingerprint density at radius 1 is 1.58 bits per heavy atom. The number of carboxylic acid groups (broad SMARTS) is 1. The fourth-order valence-electron chi connectivity index (χ4n) is 1.53. The van der Waals surface area contributed by atoms with Crippen molar-refractivity contribution in [1.29, 1.82) is 0 Å². The van der Waals surface area contributed by atoms with Gasteiger partial charge in [0.2, 0.25) is 5.91 Å². The number of carbonyl (C=O) groups is 2. The maximum absolute atomic E-state index is 10.8. The van der Waals surface area contributed by atoms with Gasteiger partial charge in [0.15, 0.2) is 6.10 Å². The molecule has 0 aromatic rings. The van der Waals surface area contributed by atoms with E-state index in [2.05, 4.69) is 0 Å². The zero-order chi connectivity index (χ0) is 8.72. The van der Waals surface area contributed by atoms with Crippen LogP contribution in [0.15, 0.2) is 0 Å². The molecule has 2 fully saturated rings. The molecule has 0 aliphatic carbocycles. The van der Waals surface area contributed by atoms with Crippen molar-refractivity contribution in [3.05, 3.63) is 0 Å². The number of rotatable bonds is 1. The molecule has 2 aliphatic heterocycles. The van der Waals surface area contributed by atoms with E-state index in [1.807, 2.05) is 0 Å². The molecule has 0 saturated carbocycles. The van der Waals surface area contributed by atoms with Crippen molar-refractivity contribution in [2.75, 3.05) is 0 Å². The van der Waals surface area contributed by atoms with Gasteiger partial charge in [0, 0.05) is 0 Å². The van der Waals surface area contributed by atoms with E-state index in [-0.39, 0.29) is 11.9 Å². The summed E-state index contributed by atoms with van der Waals surface area (Å²) in [6.45, 7) is 0. The highest BCUT2D eigenvalue weighted by Gasteiger charge is 2.44. The molecule has 2 saturated heterocycles. The normalized spacial score (nSPS) is 34.0. The van der Waals surface area contributed by atoms with Gasteiger partial charge in [0.1, 0.15) is 0 Å². The summed E-state index contributed by atoms with van der Waals surface area (Å²) >= 11 is 0. The summed E-state index contributed by atoms with van der Waals surface area (Å²) in [6, 6.07) is 0.132. The van der Waals surface area contributed by atoms with Crippen LogP contribution < -0.4 is 0 Å². The Labute approximate surface area is 68.9 Å². The van der Waals surface area contributed by atoms with Gasteiger partial charge in [-0.05, 0) is 12.8 Å². The summed E-state index contributed by atoms with van der Waals surface area (Å²) in [4.78, 5) is 26.3. The molecule has 1 N–H and O–H groups in total. The van der Waals surface area contributed by atoms with Gasteiger partial charge in [0.25, 0.3) is 0 Å². The standard InChI is InChI=1S/C7H9NO4/c9-6-3-4-1-2-5(7(10)11)12-8(4)6/h4-5H,1-3H2,(H,10,11). The Morgan fingerprint density at radius 3 is 2.92 bits per heavy atom. The summed E-state index contributed by atoms with van der Waals surface area (Å²) in [5, 5.41) is 9.79. The second-order valence-electron chi connectivity index (χ2n) is 3.09. The number of hydrogen-bond donors (Lipinski definition) is 1. The van der Waals surface area contributed by atoms with E-state index in [0.29, 0.717) is 12.8 Å². The molecule has 2 heterocycles. The smallest absolute Gasteiger partial charge is 0.335 e. The van der Waals surface area contributed by atoms with Gasteiger partial charge >= 0.3 is 5.97 Å². The Bertz CT molecular complexity index is 232. The Hall–Kier alpha value is -1.10. The summed E-state index contributed by atoms with van der Waals surface area (Å²) in [7, 11) is 0. The van der Waals surface area contributed by atoms with Crippen molar-refractivity contribution in [1.82, 2.24) is 5.06 Å². The number of carbonyl (C=O) groups excluding carboxylic acids is 1. The van der Waals surface area contributed by atoms with Crippen LogP contribution in [0.5, 0.6) is 0 Å². The number of β-lactam (4-membered cyclic amide) rings is 1. The van der Waals surface area contributed by atoms with Crippen LogP contribution in [0.25, 0.3) is 0 Å². The molecular formula is C7H9NO4. The number of aliphatic carboxylic acids is 1. The van der Waals surface area contributed by atoms with Crippen LogP contribution in [0, 0.1) is 0 Å². The number of hydroxylamine groups is 2. The molecule has 2 atom stereocenters. The van der Waals surface area contributed by atoms with Crippen LogP contribution in [0.1, 0.15) is 19.3 Å². The lowest BCUT2D eigenvalue weighted by Gasteiger charge is -2.44. The Morgan fingerprint density at radius 2 is 2.33 bits per heavy atom. The molecule has 0 bridgehead atoms. The average molecular weight is 171 g/mol. The molecule has 66 valence electrons. The lowest BCUT2D eigenvalue weighted by atomic mass is 9.96. The molecule has 0 spiro atoms. The quantitative estimate of drug-likeness (QED) is 0.553. The van der Waals surface area contributed by atoms with Crippen molar-refractivity contribution in [3.8, 4) is 0 Å². The predicted octanol–water partition coefficient (Wildman–Crippen LogP) is -0.234. The van der Waals surface area contributed by atoms with Crippen molar-refractivity contribution in [2.45, 2.75) is 31.4 Å². The third-order valence-electron chi connectivity index (χ3n) is 2.27. The Balaban J connectivity index is 2.00. The van der Waals surface area contributed by atoms with E-state index in [1.165, 1.54) is 5.06 Å². The predicted molar refractivity (Wildman–Crippen MR) is 37.0 cm³/mol. The lowest BCUT2D eigenvalue weighted by molar-refractivity contribution is -0.267. The third-order valence-corrected chi connectivity index (χ3v) is 2.27. The van der Waals surface area contributed by atoms with Gasteiger partial charge in [0.05, 0.1) is 12.5 Å². The molecule has 5 heteroatoms. The van der Waals surface area contributed by atoms with E-state index in [0.717, 1.165) is 6.42 Å². The van der Waals surface area contributed by atoms with Crippen LogP contribution in [0.2, 0.25) is 0 Å². The van der Waals surface area contributed by atoms with Gasteiger partial charge in [-0.25, -0.2) is 9.86 Å². The molecule has 1 amide bonds. The second kappa shape index (κ2) is 2.45. The minimum Gasteiger partial charge on any atom is -0.479 e. The van der Waals surface area contributed by atoms with Gasteiger partial charge < -0.3 is 5.11 Å². The molecule has 0 aromatic carbocycles. The highest BCUT2D eigenvalue weighted by molar-refractivity contribution is 5.82. The van der Waals surface area contributed by atoms with Crippen LogP contribution in [-0.2, 0) is 14.4 Å². The number of amides is 1. The molecular weight excluding hydrogens is 162 g/mol.